The van der Waals surface area contributed by atoms with Gasteiger partial charge in [-0.05, 0) is 17.7 Å². The van der Waals surface area contributed by atoms with Crippen molar-refractivity contribution in [1.82, 2.24) is 0 Å². The first-order valence-corrected chi connectivity index (χ1v) is 6.46. The lowest BCUT2D eigenvalue weighted by atomic mass is 9.91. The number of alkyl halides is 3. The quantitative estimate of drug-likeness (QED) is 0.489. The van der Waals surface area contributed by atoms with Crippen LogP contribution in [-0.4, -0.2) is 18.1 Å². The topological polar surface area (TPSA) is 29.6 Å². The Bertz CT molecular complexity index is 694. The first-order chi connectivity index (χ1) is 10.4. The van der Waals surface area contributed by atoms with Crippen LogP contribution < -0.4 is 0 Å². The average Bonchev–Trinajstić information content (AvgIpc) is 3.25. The van der Waals surface area contributed by atoms with Crippen molar-refractivity contribution in [3.05, 3.63) is 71.5 Å². The molecule has 0 saturated carbocycles. The molecule has 1 saturated heterocycles. The predicted octanol–water partition coefficient (Wildman–Crippen LogP) is 3.87. The number of benzene rings is 2. The summed E-state index contributed by atoms with van der Waals surface area (Å²) >= 11 is 0. The smallest absolute Gasteiger partial charge is 0.343 e. The van der Waals surface area contributed by atoms with Gasteiger partial charge in [0.15, 0.2) is 11.9 Å². The second-order valence-corrected chi connectivity index (χ2v) is 4.97. The number of epoxide rings is 1. The minimum atomic E-state index is -4.78. The number of rotatable bonds is 3. The number of ketones is 1. The Kier molecular flexibility index (Phi) is 3.29. The van der Waals surface area contributed by atoms with Crippen molar-refractivity contribution in [1.29, 1.82) is 0 Å². The highest BCUT2D eigenvalue weighted by Gasteiger charge is 2.76. The Morgan fingerprint density at radius 2 is 1.59 bits per heavy atom. The van der Waals surface area contributed by atoms with E-state index in [2.05, 4.69) is 0 Å². The molecule has 2 nitrogen and oxygen atoms in total. The molecule has 2 aromatic rings. The highest BCUT2D eigenvalue weighted by molar-refractivity contribution is 6.02. The summed E-state index contributed by atoms with van der Waals surface area (Å²) < 4.78 is 58.0. The molecule has 0 spiro atoms. The Morgan fingerprint density at radius 3 is 2.14 bits per heavy atom. The normalized spacial score (nSPS) is 24.1. The van der Waals surface area contributed by atoms with E-state index >= 15 is 0 Å². The number of hydrogen-bond donors (Lipinski definition) is 0. The summed E-state index contributed by atoms with van der Waals surface area (Å²) in [6, 6.07) is 11.4. The van der Waals surface area contributed by atoms with Gasteiger partial charge in [0.25, 0.3) is 0 Å². The molecule has 2 aromatic carbocycles. The lowest BCUT2D eigenvalue weighted by molar-refractivity contribution is -0.187. The van der Waals surface area contributed by atoms with Crippen molar-refractivity contribution in [2.24, 2.45) is 0 Å². The van der Waals surface area contributed by atoms with Gasteiger partial charge in [0.05, 0.1) is 0 Å². The van der Waals surface area contributed by atoms with Crippen LogP contribution in [-0.2, 0) is 10.3 Å². The second-order valence-electron chi connectivity index (χ2n) is 4.97. The third kappa shape index (κ3) is 2.20. The average molecular weight is 310 g/mol. The molecule has 1 aliphatic heterocycles. The first kappa shape index (κ1) is 14.7. The summed E-state index contributed by atoms with van der Waals surface area (Å²) in [6.45, 7) is 0. The molecular weight excluding hydrogens is 300 g/mol. The molecule has 0 radical (unpaired) electrons. The SMILES string of the molecule is O=C(c1ccccc1)C1OC1(c1ccc(F)cc1)C(F)(F)F. The third-order valence-electron chi connectivity index (χ3n) is 3.61. The van der Waals surface area contributed by atoms with Crippen LogP contribution in [0.3, 0.4) is 0 Å². The van der Waals surface area contributed by atoms with Crippen molar-refractivity contribution in [3.63, 3.8) is 0 Å². The Hall–Kier alpha value is -2.21. The van der Waals surface area contributed by atoms with Gasteiger partial charge in [0.2, 0.25) is 5.60 Å². The molecule has 1 aliphatic rings. The molecule has 0 N–H and O–H groups in total. The maximum atomic E-state index is 13.4. The van der Waals surface area contributed by atoms with Gasteiger partial charge in [-0.1, -0.05) is 42.5 Å². The lowest BCUT2D eigenvalue weighted by Crippen LogP contribution is -2.35. The predicted molar refractivity (Wildman–Crippen MR) is 69.8 cm³/mol. The number of Topliss-reactive ketones (excluding diaryl/α,β-unsaturated/α-hetero) is 1. The molecule has 2 unspecified atom stereocenters. The van der Waals surface area contributed by atoms with Crippen LogP contribution in [0.5, 0.6) is 0 Å². The van der Waals surface area contributed by atoms with Crippen LogP contribution in [0.1, 0.15) is 15.9 Å². The fourth-order valence-electron chi connectivity index (χ4n) is 2.44. The fourth-order valence-corrected chi connectivity index (χ4v) is 2.44. The van der Waals surface area contributed by atoms with Crippen LogP contribution in [0.15, 0.2) is 54.6 Å². The maximum Gasteiger partial charge on any atom is 0.424 e. The zero-order chi connectivity index (χ0) is 16.0. The molecule has 1 heterocycles. The van der Waals surface area contributed by atoms with Gasteiger partial charge in [0.1, 0.15) is 5.82 Å². The lowest BCUT2D eigenvalue weighted by Gasteiger charge is -2.17. The van der Waals surface area contributed by atoms with Crippen molar-refractivity contribution in [3.8, 4) is 0 Å². The summed E-state index contributed by atoms with van der Waals surface area (Å²) in [7, 11) is 0. The number of carbonyl (C=O) groups excluding carboxylic acids is 1. The minimum absolute atomic E-state index is 0.140. The summed E-state index contributed by atoms with van der Waals surface area (Å²) in [6.07, 6.45) is -6.43. The first-order valence-electron chi connectivity index (χ1n) is 6.46. The van der Waals surface area contributed by atoms with Gasteiger partial charge >= 0.3 is 6.18 Å². The van der Waals surface area contributed by atoms with Crippen molar-refractivity contribution >= 4 is 5.78 Å². The van der Waals surface area contributed by atoms with Gasteiger partial charge in [-0.3, -0.25) is 4.79 Å². The monoisotopic (exact) mass is 310 g/mol. The maximum absolute atomic E-state index is 13.4. The zero-order valence-electron chi connectivity index (χ0n) is 11.1. The van der Waals surface area contributed by atoms with E-state index in [9.17, 15) is 22.4 Å². The zero-order valence-corrected chi connectivity index (χ0v) is 11.1. The van der Waals surface area contributed by atoms with E-state index in [1.807, 2.05) is 0 Å². The Labute approximate surface area is 123 Å². The molecular formula is C16H10F4O2. The van der Waals surface area contributed by atoms with Crippen LogP contribution in [0.2, 0.25) is 0 Å². The largest absolute Gasteiger partial charge is 0.424 e. The number of ether oxygens (including phenoxy) is 1. The summed E-state index contributed by atoms with van der Waals surface area (Å²) in [5.41, 5.74) is -2.84. The molecule has 22 heavy (non-hydrogen) atoms. The summed E-state index contributed by atoms with van der Waals surface area (Å²) in [5, 5.41) is 0. The molecule has 0 bridgehead atoms. The van der Waals surface area contributed by atoms with Crippen LogP contribution >= 0.6 is 0 Å². The number of halogens is 4. The van der Waals surface area contributed by atoms with E-state index < -0.39 is 29.5 Å². The van der Waals surface area contributed by atoms with Crippen LogP contribution in [0.4, 0.5) is 17.6 Å². The van der Waals surface area contributed by atoms with Crippen LogP contribution in [0.25, 0.3) is 0 Å². The highest BCUT2D eigenvalue weighted by atomic mass is 19.4. The van der Waals surface area contributed by atoms with E-state index in [0.717, 1.165) is 24.3 Å². The minimum Gasteiger partial charge on any atom is -0.343 e. The molecule has 6 heteroatoms. The van der Waals surface area contributed by atoms with Crippen molar-refractivity contribution in [2.75, 3.05) is 0 Å². The number of hydrogen-bond acceptors (Lipinski definition) is 2. The highest BCUT2D eigenvalue weighted by Crippen LogP contribution is 2.58. The standard InChI is InChI=1S/C16H10F4O2/c17-12-8-6-11(7-9-12)15(16(18,19)20)14(22-15)13(21)10-4-2-1-3-5-10/h1-9,14H. The molecule has 2 atom stereocenters. The molecule has 0 amide bonds. The van der Waals surface area contributed by atoms with Gasteiger partial charge in [-0.15, -0.1) is 0 Å². The Balaban J connectivity index is 1.98. The molecule has 0 aliphatic carbocycles. The van der Waals surface area contributed by atoms with Crippen LogP contribution in [0, 0.1) is 5.82 Å². The van der Waals surface area contributed by atoms with Gasteiger partial charge in [-0.2, -0.15) is 13.2 Å². The van der Waals surface area contributed by atoms with Crippen molar-refractivity contribution in [2.45, 2.75) is 17.9 Å². The van der Waals surface area contributed by atoms with Gasteiger partial charge in [0, 0.05) is 5.56 Å². The third-order valence-corrected chi connectivity index (χ3v) is 3.61. The number of carbonyl (C=O) groups is 1. The van der Waals surface area contributed by atoms with E-state index in [1.165, 1.54) is 12.1 Å². The molecule has 3 rings (SSSR count). The van der Waals surface area contributed by atoms with E-state index in [-0.39, 0.29) is 11.1 Å². The van der Waals surface area contributed by atoms with E-state index in [1.54, 1.807) is 18.2 Å². The van der Waals surface area contributed by atoms with Gasteiger partial charge < -0.3 is 4.74 Å². The van der Waals surface area contributed by atoms with E-state index in [4.69, 9.17) is 4.74 Å². The molecule has 114 valence electrons. The summed E-state index contributed by atoms with van der Waals surface area (Å²) in [5.74, 6) is -1.41. The van der Waals surface area contributed by atoms with Gasteiger partial charge in [-0.25, -0.2) is 4.39 Å². The molecule has 1 fully saturated rings. The fraction of sp³-hybridized carbons (Fsp3) is 0.188. The molecule has 0 aromatic heterocycles. The van der Waals surface area contributed by atoms with Crippen molar-refractivity contribution < 1.29 is 27.1 Å². The summed E-state index contributed by atoms with van der Waals surface area (Å²) in [4.78, 5) is 12.2. The Morgan fingerprint density at radius 1 is 1.00 bits per heavy atom. The van der Waals surface area contributed by atoms with E-state index in [0.29, 0.717) is 0 Å². The second kappa shape index (κ2) is 4.91.